The summed E-state index contributed by atoms with van der Waals surface area (Å²) in [5.41, 5.74) is 2.26. The van der Waals surface area contributed by atoms with E-state index in [1.807, 2.05) is 17.9 Å². The third-order valence-electron chi connectivity index (χ3n) is 3.24. The number of aryl methyl sites for hydroxylation is 1. The predicted molar refractivity (Wildman–Crippen MR) is 65.1 cm³/mol. The van der Waals surface area contributed by atoms with E-state index in [2.05, 4.69) is 5.10 Å². The number of hydrogen-bond acceptors (Lipinski definition) is 4. The molecule has 6 nitrogen and oxygen atoms in total. The monoisotopic (exact) mass is 253 g/mol. The molecule has 1 aliphatic heterocycles. The summed E-state index contributed by atoms with van der Waals surface area (Å²) >= 11 is 0. The fourth-order valence-corrected chi connectivity index (χ4v) is 2.50. The van der Waals surface area contributed by atoms with Gasteiger partial charge in [0.25, 0.3) is 0 Å². The molecule has 100 valence electrons. The molecule has 2 heterocycles. The van der Waals surface area contributed by atoms with Crippen molar-refractivity contribution >= 4 is 5.91 Å². The predicted octanol–water partition coefficient (Wildman–Crippen LogP) is 0.139. The zero-order chi connectivity index (χ0) is 13.1. The number of rotatable bonds is 4. The van der Waals surface area contributed by atoms with Gasteiger partial charge in [-0.15, -0.1) is 0 Å². The lowest BCUT2D eigenvalue weighted by molar-refractivity contribution is -0.136. The van der Waals surface area contributed by atoms with Crippen molar-refractivity contribution in [2.45, 2.75) is 12.5 Å². The molecule has 2 rings (SSSR count). The number of carbonyl (C=O) groups is 1. The molecule has 0 saturated carbocycles. The lowest BCUT2D eigenvalue weighted by atomic mass is 9.97. The van der Waals surface area contributed by atoms with E-state index in [4.69, 9.17) is 9.47 Å². The first-order valence-corrected chi connectivity index (χ1v) is 5.93. The Kier molecular flexibility index (Phi) is 3.98. The van der Waals surface area contributed by atoms with Crippen LogP contribution in [0.3, 0.4) is 0 Å². The minimum Gasteiger partial charge on any atom is -0.384 e. The highest BCUT2D eigenvalue weighted by atomic mass is 16.5. The molecule has 0 spiro atoms. The standard InChI is InChI=1S/C12H19N3O3/c1-14-12-9(4-13-14)5-15(11(16)8-18-3)6-10(12)7-17-2/h4,10H,5-8H2,1-3H3/t10-/m0/s1. The maximum Gasteiger partial charge on any atom is 0.248 e. The van der Waals surface area contributed by atoms with E-state index < -0.39 is 0 Å². The summed E-state index contributed by atoms with van der Waals surface area (Å²) in [5, 5.41) is 4.26. The Balaban J connectivity index is 2.21. The van der Waals surface area contributed by atoms with Gasteiger partial charge in [-0.05, 0) is 0 Å². The molecule has 0 bridgehead atoms. The molecule has 0 saturated heterocycles. The Labute approximate surface area is 106 Å². The first-order chi connectivity index (χ1) is 8.67. The summed E-state index contributed by atoms with van der Waals surface area (Å²) in [4.78, 5) is 13.7. The van der Waals surface area contributed by atoms with Crippen molar-refractivity contribution in [3.8, 4) is 0 Å². The maximum absolute atomic E-state index is 11.9. The molecule has 0 N–H and O–H groups in total. The van der Waals surface area contributed by atoms with Gasteiger partial charge in [0.05, 0.1) is 18.5 Å². The smallest absolute Gasteiger partial charge is 0.248 e. The second kappa shape index (κ2) is 5.49. The van der Waals surface area contributed by atoms with Crippen molar-refractivity contribution in [1.29, 1.82) is 0 Å². The molecule has 0 radical (unpaired) electrons. The number of carbonyl (C=O) groups excluding carboxylic acids is 1. The molecule has 1 aromatic rings. The van der Waals surface area contributed by atoms with Crippen LogP contribution in [0.2, 0.25) is 0 Å². The molecule has 6 heteroatoms. The molecule has 0 fully saturated rings. The fourth-order valence-electron chi connectivity index (χ4n) is 2.50. The van der Waals surface area contributed by atoms with E-state index in [1.165, 1.54) is 12.8 Å². The average Bonchev–Trinajstić information content (AvgIpc) is 2.72. The molecule has 0 aromatic carbocycles. The maximum atomic E-state index is 11.9. The Morgan fingerprint density at radius 1 is 1.50 bits per heavy atom. The van der Waals surface area contributed by atoms with Crippen molar-refractivity contribution in [3.63, 3.8) is 0 Å². The second-order valence-corrected chi connectivity index (χ2v) is 4.54. The van der Waals surface area contributed by atoms with Gasteiger partial charge in [0, 0.05) is 45.8 Å². The molecule has 0 aliphatic carbocycles. The minimum absolute atomic E-state index is 0.00751. The van der Waals surface area contributed by atoms with E-state index >= 15 is 0 Å². The van der Waals surface area contributed by atoms with E-state index in [0.717, 1.165) is 5.56 Å². The van der Waals surface area contributed by atoms with Gasteiger partial charge in [0.2, 0.25) is 5.91 Å². The Morgan fingerprint density at radius 2 is 2.28 bits per heavy atom. The number of amides is 1. The van der Waals surface area contributed by atoms with Crippen LogP contribution >= 0.6 is 0 Å². The SMILES string of the molecule is COCC(=O)N1Cc2cnn(C)c2[C@H](COC)C1. The highest BCUT2D eigenvalue weighted by Gasteiger charge is 2.30. The molecule has 1 aliphatic rings. The van der Waals surface area contributed by atoms with Gasteiger partial charge in [0.15, 0.2) is 0 Å². The van der Waals surface area contributed by atoms with Crippen molar-refractivity contribution in [2.24, 2.45) is 7.05 Å². The highest BCUT2D eigenvalue weighted by molar-refractivity contribution is 5.77. The van der Waals surface area contributed by atoms with E-state index in [1.54, 1.807) is 12.0 Å². The van der Waals surface area contributed by atoms with Crippen LogP contribution in [0.25, 0.3) is 0 Å². The molecule has 1 atom stereocenters. The van der Waals surface area contributed by atoms with Gasteiger partial charge in [-0.1, -0.05) is 0 Å². The van der Waals surface area contributed by atoms with Crippen LogP contribution in [-0.4, -0.2) is 54.6 Å². The van der Waals surface area contributed by atoms with Gasteiger partial charge in [0.1, 0.15) is 6.61 Å². The van der Waals surface area contributed by atoms with E-state index in [0.29, 0.717) is 19.7 Å². The van der Waals surface area contributed by atoms with Gasteiger partial charge in [-0.25, -0.2) is 0 Å². The zero-order valence-electron chi connectivity index (χ0n) is 11.0. The summed E-state index contributed by atoms with van der Waals surface area (Å²) < 4.78 is 12.0. The minimum atomic E-state index is 0.00751. The molecule has 1 aromatic heterocycles. The van der Waals surface area contributed by atoms with Gasteiger partial charge >= 0.3 is 0 Å². The Hall–Kier alpha value is -1.40. The second-order valence-electron chi connectivity index (χ2n) is 4.54. The fraction of sp³-hybridized carbons (Fsp3) is 0.667. The van der Waals surface area contributed by atoms with Crippen molar-refractivity contribution in [2.75, 3.05) is 34.0 Å². The van der Waals surface area contributed by atoms with Crippen LogP contribution in [0.4, 0.5) is 0 Å². The topological polar surface area (TPSA) is 56.6 Å². The van der Waals surface area contributed by atoms with Crippen LogP contribution in [0, 0.1) is 0 Å². The van der Waals surface area contributed by atoms with Crippen LogP contribution in [0.15, 0.2) is 6.20 Å². The Bertz CT molecular complexity index is 430. The highest BCUT2D eigenvalue weighted by Crippen LogP contribution is 2.28. The van der Waals surface area contributed by atoms with E-state index in [9.17, 15) is 4.79 Å². The number of aromatic nitrogens is 2. The zero-order valence-corrected chi connectivity index (χ0v) is 11.0. The van der Waals surface area contributed by atoms with Crippen molar-refractivity contribution in [3.05, 3.63) is 17.5 Å². The Morgan fingerprint density at radius 3 is 2.94 bits per heavy atom. The largest absolute Gasteiger partial charge is 0.384 e. The van der Waals surface area contributed by atoms with E-state index in [-0.39, 0.29) is 18.4 Å². The molecular formula is C12H19N3O3. The van der Waals surface area contributed by atoms with Crippen LogP contribution in [0.5, 0.6) is 0 Å². The normalized spacial score (nSPS) is 18.8. The first-order valence-electron chi connectivity index (χ1n) is 5.93. The lowest BCUT2D eigenvalue weighted by Crippen LogP contribution is -2.41. The van der Waals surface area contributed by atoms with Gasteiger partial charge in [-0.2, -0.15) is 5.10 Å². The van der Waals surface area contributed by atoms with Crippen LogP contribution in [0.1, 0.15) is 17.2 Å². The molecular weight excluding hydrogens is 234 g/mol. The molecule has 18 heavy (non-hydrogen) atoms. The quantitative estimate of drug-likeness (QED) is 0.766. The summed E-state index contributed by atoms with van der Waals surface area (Å²) in [5.74, 6) is 0.181. The van der Waals surface area contributed by atoms with Gasteiger partial charge in [-0.3, -0.25) is 9.48 Å². The van der Waals surface area contributed by atoms with Crippen molar-refractivity contribution in [1.82, 2.24) is 14.7 Å². The summed E-state index contributed by atoms with van der Waals surface area (Å²) in [6.07, 6.45) is 1.82. The number of hydrogen-bond donors (Lipinski definition) is 0. The van der Waals surface area contributed by atoms with Crippen LogP contribution < -0.4 is 0 Å². The van der Waals surface area contributed by atoms with Gasteiger partial charge < -0.3 is 14.4 Å². The molecule has 0 unspecified atom stereocenters. The third kappa shape index (κ3) is 2.39. The lowest BCUT2D eigenvalue weighted by Gasteiger charge is -2.32. The average molecular weight is 253 g/mol. The van der Waals surface area contributed by atoms with Crippen molar-refractivity contribution < 1.29 is 14.3 Å². The molecule has 1 amide bonds. The number of nitrogens with zero attached hydrogens (tertiary/aromatic N) is 3. The summed E-state index contributed by atoms with van der Waals surface area (Å²) in [7, 11) is 5.13. The summed E-state index contributed by atoms with van der Waals surface area (Å²) in [6.45, 7) is 1.97. The third-order valence-corrected chi connectivity index (χ3v) is 3.24. The number of methoxy groups -OCH3 is 2. The summed E-state index contributed by atoms with van der Waals surface area (Å²) in [6, 6.07) is 0. The first kappa shape index (κ1) is 13.0. The number of ether oxygens (including phenoxy) is 2. The van der Waals surface area contributed by atoms with Crippen LogP contribution in [-0.2, 0) is 27.9 Å². The number of fused-ring (bicyclic) bond motifs is 1.